The number of hydrogen-bond donors (Lipinski definition) is 1. The van der Waals surface area contributed by atoms with Crippen molar-refractivity contribution >= 4 is 26.8 Å². The molecule has 3 rings (SSSR count). The van der Waals surface area contributed by atoms with Gasteiger partial charge in [-0.2, -0.15) is 0 Å². The largest absolute Gasteiger partial charge is 0.469 e. The molecular weight excluding hydrogens is 390 g/mol. The molecule has 0 saturated carbocycles. The molecule has 3 aromatic rings. The highest BCUT2D eigenvalue weighted by Gasteiger charge is 2.21. The third-order valence-corrected chi connectivity index (χ3v) is 6.47. The molecule has 0 aliphatic rings. The first-order chi connectivity index (χ1) is 13.7. The molecule has 0 saturated heterocycles. The van der Waals surface area contributed by atoms with Crippen molar-refractivity contribution in [3.05, 3.63) is 66.8 Å². The number of furan rings is 1. The molecule has 0 radical (unpaired) electrons. The lowest BCUT2D eigenvalue weighted by molar-refractivity contribution is 0.0931. The second-order valence-corrected chi connectivity index (χ2v) is 9.25. The standard InChI is InChI=1S/C21H25N3O4S/c1-5-10-24-19-9-8-18(29(26,27)23(3)4)13-16(19)14-20(24)21(25)22-15(2)12-17-7-6-11-28-17/h5-9,11,13-15H,1,10,12H2,2-4H3,(H,22,25)/t15-/m1/s1. The van der Waals surface area contributed by atoms with E-state index in [1.165, 1.54) is 18.4 Å². The van der Waals surface area contributed by atoms with E-state index < -0.39 is 10.0 Å². The Kier molecular flexibility index (Phi) is 5.95. The zero-order valence-corrected chi connectivity index (χ0v) is 17.6. The van der Waals surface area contributed by atoms with Crippen molar-refractivity contribution in [3.63, 3.8) is 0 Å². The first-order valence-electron chi connectivity index (χ1n) is 9.24. The van der Waals surface area contributed by atoms with Crippen molar-refractivity contribution < 1.29 is 17.6 Å². The Balaban J connectivity index is 1.94. The Morgan fingerprint density at radius 2 is 2.07 bits per heavy atom. The van der Waals surface area contributed by atoms with E-state index in [2.05, 4.69) is 11.9 Å². The summed E-state index contributed by atoms with van der Waals surface area (Å²) in [5, 5.41) is 3.66. The Morgan fingerprint density at radius 1 is 1.31 bits per heavy atom. The zero-order valence-electron chi connectivity index (χ0n) is 16.8. The SMILES string of the molecule is C=CCn1c(C(=O)N[C@H](C)Cc2ccco2)cc2cc(S(=O)(=O)N(C)C)ccc21. The number of allylic oxidation sites excluding steroid dienone is 1. The van der Waals surface area contributed by atoms with Gasteiger partial charge in [0.1, 0.15) is 11.5 Å². The van der Waals surface area contributed by atoms with Crippen molar-refractivity contribution in [2.45, 2.75) is 30.8 Å². The Morgan fingerprint density at radius 3 is 2.69 bits per heavy atom. The Labute approximate surface area is 170 Å². The van der Waals surface area contributed by atoms with Crippen molar-refractivity contribution in [1.29, 1.82) is 0 Å². The topological polar surface area (TPSA) is 84.5 Å². The molecule has 29 heavy (non-hydrogen) atoms. The number of carbonyl (C=O) groups excluding carboxylic acids is 1. The maximum Gasteiger partial charge on any atom is 0.268 e. The fourth-order valence-electron chi connectivity index (χ4n) is 3.21. The average molecular weight is 416 g/mol. The predicted octanol–water partition coefficient (Wildman–Crippen LogP) is 3.03. The monoisotopic (exact) mass is 415 g/mol. The molecule has 1 atom stereocenters. The second-order valence-electron chi connectivity index (χ2n) is 7.09. The molecular formula is C21H25N3O4S. The summed E-state index contributed by atoms with van der Waals surface area (Å²) in [6, 6.07) is 10.1. The number of carbonyl (C=O) groups is 1. The van der Waals surface area contributed by atoms with Gasteiger partial charge in [0.15, 0.2) is 0 Å². The van der Waals surface area contributed by atoms with Crippen LogP contribution in [0.25, 0.3) is 10.9 Å². The third kappa shape index (κ3) is 4.28. The molecule has 7 nitrogen and oxygen atoms in total. The van der Waals surface area contributed by atoms with Gasteiger partial charge in [-0.3, -0.25) is 4.79 Å². The number of benzene rings is 1. The molecule has 0 unspecified atom stereocenters. The molecule has 2 aromatic heterocycles. The molecule has 0 aliphatic heterocycles. The fourth-order valence-corrected chi connectivity index (χ4v) is 4.15. The number of hydrogen-bond acceptors (Lipinski definition) is 4. The highest BCUT2D eigenvalue weighted by molar-refractivity contribution is 7.89. The summed E-state index contributed by atoms with van der Waals surface area (Å²) in [7, 11) is -0.584. The van der Waals surface area contributed by atoms with Crippen LogP contribution in [-0.2, 0) is 23.0 Å². The molecule has 8 heteroatoms. The maximum atomic E-state index is 12.9. The highest BCUT2D eigenvalue weighted by atomic mass is 32.2. The summed E-state index contributed by atoms with van der Waals surface area (Å²) in [4.78, 5) is 13.1. The summed E-state index contributed by atoms with van der Waals surface area (Å²) < 4.78 is 33.2. The summed E-state index contributed by atoms with van der Waals surface area (Å²) >= 11 is 0. The van der Waals surface area contributed by atoms with Gasteiger partial charge in [0.2, 0.25) is 10.0 Å². The Hall–Kier alpha value is -2.84. The number of sulfonamides is 1. The van der Waals surface area contributed by atoms with Gasteiger partial charge >= 0.3 is 0 Å². The molecule has 154 valence electrons. The van der Waals surface area contributed by atoms with Gasteiger partial charge in [-0.05, 0) is 43.3 Å². The predicted molar refractivity (Wildman–Crippen MR) is 112 cm³/mol. The smallest absolute Gasteiger partial charge is 0.268 e. The number of aromatic nitrogens is 1. The van der Waals surface area contributed by atoms with Gasteiger partial charge in [0.05, 0.1) is 11.2 Å². The maximum absolute atomic E-state index is 12.9. The van der Waals surface area contributed by atoms with Crippen LogP contribution in [0.15, 0.2) is 64.6 Å². The first-order valence-corrected chi connectivity index (χ1v) is 10.7. The van der Waals surface area contributed by atoms with Crippen molar-refractivity contribution in [2.75, 3.05) is 14.1 Å². The van der Waals surface area contributed by atoms with E-state index in [9.17, 15) is 13.2 Å². The number of fused-ring (bicyclic) bond motifs is 1. The summed E-state index contributed by atoms with van der Waals surface area (Å²) in [6.45, 7) is 6.10. The van der Waals surface area contributed by atoms with Crippen molar-refractivity contribution in [3.8, 4) is 0 Å². The average Bonchev–Trinajstić information content (AvgIpc) is 3.29. The van der Waals surface area contributed by atoms with E-state index in [-0.39, 0.29) is 16.8 Å². The minimum atomic E-state index is -3.56. The van der Waals surface area contributed by atoms with Crippen LogP contribution in [0.5, 0.6) is 0 Å². The van der Waals surface area contributed by atoms with Gasteiger partial charge in [-0.1, -0.05) is 6.08 Å². The van der Waals surface area contributed by atoms with Gasteiger partial charge in [-0.25, -0.2) is 12.7 Å². The van der Waals surface area contributed by atoms with E-state index >= 15 is 0 Å². The summed E-state index contributed by atoms with van der Waals surface area (Å²) in [6.07, 6.45) is 3.88. The zero-order chi connectivity index (χ0) is 21.2. The highest BCUT2D eigenvalue weighted by Crippen LogP contribution is 2.25. The van der Waals surface area contributed by atoms with Gasteiger partial charge in [0, 0.05) is 44.0 Å². The van der Waals surface area contributed by atoms with E-state index in [4.69, 9.17) is 4.42 Å². The number of amides is 1. The summed E-state index contributed by atoms with van der Waals surface area (Å²) in [5.74, 6) is 0.557. The van der Waals surface area contributed by atoms with Crippen LogP contribution in [0.2, 0.25) is 0 Å². The minimum Gasteiger partial charge on any atom is -0.469 e. The Bertz CT molecular complexity index is 1130. The molecule has 0 fully saturated rings. The molecule has 0 spiro atoms. The lowest BCUT2D eigenvalue weighted by atomic mass is 10.2. The first kappa shape index (κ1) is 20.9. The van der Waals surface area contributed by atoms with Crippen molar-refractivity contribution in [2.24, 2.45) is 0 Å². The van der Waals surface area contributed by atoms with E-state index in [0.29, 0.717) is 24.0 Å². The molecule has 0 bridgehead atoms. The lowest BCUT2D eigenvalue weighted by Crippen LogP contribution is -2.35. The van der Waals surface area contributed by atoms with Gasteiger partial charge in [0.25, 0.3) is 5.91 Å². The quantitative estimate of drug-likeness (QED) is 0.573. The van der Waals surface area contributed by atoms with Crippen LogP contribution in [0.1, 0.15) is 23.2 Å². The molecule has 1 N–H and O–H groups in total. The third-order valence-electron chi connectivity index (χ3n) is 4.66. The normalized spacial score (nSPS) is 13.0. The molecule has 2 heterocycles. The number of nitrogens with one attached hydrogen (secondary N) is 1. The van der Waals surface area contributed by atoms with Crippen LogP contribution >= 0.6 is 0 Å². The summed E-state index contributed by atoms with van der Waals surface area (Å²) in [5.41, 5.74) is 1.22. The minimum absolute atomic E-state index is 0.131. The van der Waals surface area contributed by atoms with Gasteiger partial charge < -0.3 is 14.3 Å². The molecule has 0 aliphatic carbocycles. The van der Waals surface area contributed by atoms with Crippen LogP contribution < -0.4 is 5.32 Å². The fraction of sp³-hybridized carbons (Fsp3) is 0.286. The molecule has 1 aromatic carbocycles. The number of rotatable bonds is 8. The lowest BCUT2D eigenvalue weighted by Gasteiger charge is -2.14. The van der Waals surface area contributed by atoms with Crippen molar-refractivity contribution in [1.82, 2.24) is 14.2 Å². The van der Waals surface area contributed by atoms with Crippen LogP contribution in [-0.4, -0.2) is 43.3 Å². The van der Waals surface area contributed by atoms with Gasteiger partial charge in [-0.15, -0.1) is 6.58 Å². The van der Waals surface area contributed by atoms with Crippen LogP contribution in [0.3, 0.4) is 0 Å². The second kappa shape index (κ2) is 8.26. The van der Waals surface area contributed by atoms with Crippen LogP contribution in [0.4, 0.5) is 0 Å². The van der Waals surface area contributed by atoms with E-state index in [1.54, 1.807) is 36.6 Å². The van der Waals surface area contributed by atoms with E-state index in [1.807, 2.05) is 23.6 Å². The molecule has 1 amide bonds. The number of nitrogens with zero attached hydrogens (tertiary/aromatic N) is 2. The van der Waals surface area contributed by atoms with E-state index in [0.717, 1.165) is 11.3 Å². The van der Waals surface area contributed by atoms with Crippen LogP contribution in [0, 0.1) is 0 Å².